The van der Waals surface area contributed by atoms with Gasteiger partial charge in [0.2, 0.25) is 20.0 Å². The van der Waals surface area contributed by atoms with Crippen LogP contribution >= 0.6 is 23.2 Å². The minimum Gasteiger partial charge on any atom is -1.00 e. The van der Waals surface area contributed by atoms with E-state index in [1.54, 1.807) is 0 Å². The second kappa shape index (κ2) is 5.72. The van der Waals surface area contributed by atoms with E-state index in [0.717, 1.165) is 12.1 Å². The van der Waals surface area contributed by atoms with E-state index in [-0.39, 0.29) is 41.0 Å². The van der Waals surface area contributed by atoms with E-state index in [9.17, 15) is 16.8 Å². The van der Waals surface area contributed by atoms with Crippen LogP contribution in [0.1, 0.15) is 1.43 Å². The van der Waals surface area contributed by atoms with Gasteiger partial charge in [0.1, 0.15) is 4.90 Å². The van der Waals surface area contributed by atoms with Gasteiger partial charge >= 0.3 is 29.6 Å². The Kier molecular flexibility index (Phi) is 5.93. The normalized spacial score (nSPS) is 12.0. The van der Waals surface area contributed by atoms with E-state index in [2.05, 4.69) is 0 Å². The minimum absolute atomic E-state index is 0. The third kappa shape index (κ3) is 4.34. The first-order valence-electron chi connectivity index (χ1n) is 3.58. The first-order chi connectivity index (χ1) is 7.03. The second-order valence-corrected chi connectivity index (χ2v) is 6.68. The Hall–Kier alpha value is 0.620. The van der Waals surface area contributed by atoms with Crippen molar-refractivity contribution in [2.45, 2.75) is 9.79 Å². The SMILES string of the molecule is NS(=O)(=O)c1cc(Cl)c(Cl)c(S(N)(=O)=O)c1.[H-].[Na+]. The second-order valence-electron chi connectivity index (χ2n) is 2.81. The molecule has 6 nitrogen and oxygen atoms in total. The topological polar surface area (TPSA) is 120 Å². The van der Waals surface area contributed by atoms with Gasteiger partial charge in [0.05, 0.1) is 14.9 Å². The van der Waals surface area contributed by atoms with Gasteiger partial charge in [-0.15, -0.1) is 0 Å². The number of nitrogens with two attached hydrogens (primary N) is 2. The Bertz CT molecular complexity index is 650. The zero-order valence-electron chi connectivity index (χ0n) is 9.51. The standard InChI is InChI=1S/C6H6Cl2N2O4S2.Na.H/c7-4-1-3(15(9,11)12)2-5(6(4)8)16(10,13)14;;/h1-2H,(H2,9,11,12)(H2,10,13,14);;/q;+1;-1. The number of sulfonamides is 2. The van der Waals surface area contributed by atoms with Crippen molar-refractivity contribution in [3.63, 3.8) is 0 Å². The molecule has 92 valence electrons. The van der Waals surface area contributed by atoms with Crippen LogP contribution in [0, 0.1) is 0 Å². The van der Waals surface area contributed by atoms with Crippen molar-refractivity contribution in [1.29, 1.82) is 0 Å². The molecule has 4 N–H and O–H groups in total. The molecule has 0 saturated heterocycles. The summed E-state index contributed by atoms with van der Waals surface area (Å²) in [6, 6.07) is 1.69. The summed E-state index contributed by atoms with van der Waals surface area (Å²) in [5.41, 5.74) is 0. The molecule has 0 aliphatic carbocycles. The number of benzene rings is 1. The third-order valence-corrected chi connectivity index (χ3v) is 4.35. The van der Waals surface area contributed by atoms with Crippen LogP contribution < -0.4 is 39.8 Å². The van der Waals surface area contributed by atoms with Gasteiger partial charge in [-0.1, -0.05) is 23.2 Å². The number of hydrogen-bond donors (Lipinski definition) is 2. The van der Waals surface area contributed by atoms with Crippen LogP contribution in [0.25, 0.3) is 0 Å². The Labute approximate surface area is 132 Å². The van der Waals surface area contributed by atoms with E-state index in [1.165, 1.54) is 0 Å². The molecule has 11 heteroatoms. The minimum atomic E-state index is -4.18. The molecular formula is C6H7Cl2N2NaO4S2. The van der Waals surface area contributed by atoms with E-state index in [1.807, 2.05) is 0 Å². The largest absolute Gasteiger partial charge is 1.00 e. The maximum absolute atomic E-state index is 11.1. The summed E-state index contributed by atoms with van der Waals surface area (Å²) < 4.78 is 44.2. The molecule has 0 saturated carbocycles. The molecule has 0 heterocycles. The molecule has 0 amide bonds. The van der Waals surface area contributed by atoms with Gasteiger partial charge in [0.25, 0.3) is 0 Å². The summed E-state index contributed by atoms with van der Waals surface area (Å²) in [4.78, 5) is -1.07. The summed E-state index contributed by atoms with van der Waals surface area (Å²) in [5, 5.41) is 9.04. The predicted octanol–water partition coefficient (Wildman–Crippen LogP) is -2.60. The van der Waals surface area contributed by atoms with E-state index in [0.29, 0.717) is 0 Å². The predicted molar refractivity (Wildman–Crippen MR) is 60.3 cm³/mol. The van der Waals surface area contributed by atoms with Crippen molar-refractivity contribution in [2.75, 3.05) is 0 Å². The number of halogens is 2. The Balaban J connectivity index is 0. The fourth-order valence-electron chi connectivity index (χ4n) is 0.911. The number of rotatable bonds is 2. The summed E-state index contributed by atoms with van der Waals surface area (Å²) in [5.74, 6) is 0. The maximum Gasteiger partial charge on any atom is 1.00 e. The molecule has 0 atom stereocenters. The number of hydrogen-bond acceptors (Lipinski definition) is 4. The van der Waals surface area contributed by atoms with Gasteiger partial charge in [-0.2, -0.15) is 0 Å². The Morgan fingerprint density at radius 2 is 1.47 bits per heavy atom. The summed E-state index contributed by atoms with van der Waals surface area (Å²) >= 11 is 11.1. The first kappa shape index (κ1) is 17.6. The summed E-state index contributed by atoms with van der Waals surface area (Å²) in [7, 11) is -8.26. The van der Waals surface area contributed by atoms with Crippen molar-refractivity contribution in [3.8, 4) is 0 Å². The fourth-order valence-corrected chi connectivity index (χ4v) is 2.97. The van der Waals surface area contributed by atoms with Crippen LogP contribution in [-0.2, 0) is 20.0 Å². The Morgan fingerprint density at radius 3 is 1.82 bits per heavy atom. The fraction of sp³-hybridized carbons (Fsp3) is 0. The van der Waals surface area contributed by atoms with Crippen LogP contribution in [0.15, 0.2) is 21.9 Å². The smallest absolute Gasteiger partial charge is 1.00 e. The van der Waals surface area contributed by atoms with Crippen LogP contribution in [-0.4, -0.2) is 16.8 Å². The van der Waals surface area contributed by atoms with Crippen molar-refractivity contribution < 1.29 is 47.8 Å². The van der Waals surface area contributed by atoms with E-state index >= 15 is 0 Å². The monoisotopic (exact) mass is 328 g/mol. The van der Waals surface area contributed by atoms with Crippen LogP contribution in [0.5, 0.6) is 0 Å². The van der Waals surface area contributed by atoms with E-state index in [4.69, 9.17) is 33.5 Å². The molecule has 1 aromatic rings. The van der Waals surface area contributed by atoms with Crippen LogP contribution in [0.3, 0.4) is 0 Å². The van der Waals surface area contributed by atoms with Gasteiger partial charge in [-0.3, -0.25) is 0 Å². The van der Waals surface area contributed by atoms with Crippen LogP contribution in [0.2, 0.25) is 10.0 Å². The quantitative estimate of drug-likeness (QED) is 0.578. The molecule has 1 rings (SSSR count). The van der Waals surface area contributed by atoms with Gasteiger partial charge in [0, 0.05) is 0 Å². The van der Waals surface area contributed by atoms with Crippen molar-refractivity contribution in [1.82, 2.24) is 0 Å². The number of primary sulfonamides is 2. The molecule has 1 aromatic carbocycles. The molecular weight excluding hydrogens is 322 g/mol. The summed E-state index contributed by atoms with van der Waals surface area (Å²) in [6.45, 7) is 0. The molecule has 0 unspecified atom stereocenters. The molecule has 0 spiro atoms. The van der Waals surface area contributed by atoms with Gasteiger partial charge in [-0.05, 0) is 12.1 Å². The zero-order chi connectivity index (χ0) is 12.7. The average molecular weight is 329 g/mol. The van der Waals surface area contributed by atoms with Gasteiger partial charge < -0.3 is 1.43 Å². The first-order valence-corrected chi connectivity index (χ1v) is 7.43. The molecule has 0 aliphatic heterocycles. The van der Waals surface area contributed by atoms with Crippen molar-refractivity contribution >= 4 is 43.2 Å². The van der Waals surface area contributed by atoms with Crippen LogP contribution in [0.4, 0.5) is 0 Å². The Morgan fingerprint density at radius 1 is 1.00 bits per heavy atom. The molecule has 0 radical (unpaired) electrons. The molecule has 0 bridgehead atoms. The zero-order valence-corrected chi connectivity index (χ0v) is 13.7. The van der Waals surface area contributed by atoms with Gasteiger partial charge in [-0.25, -0.2) is 27.1 Å². The third-order valence-electron chi connectivity index (χ3n) is 1.60. The molecule has 0 aromatic heterocycles. The van der Waals surface area contributed by atoms with Crippen molar-refractivity contribution in [3.05, 3.63) is 22.2 Å². The average Bonchev–Trinajstić information content (AvgIpc) is 2.05. The van der Waals surface area contributed by atoms with Crippen molar-refractivity contribution in [2.24, 2.45) is 10.3 Å². The van der Waals surface area contributed by atoms with Gasteiger partial charge in [0.15, 0.2) is 0 Å². The molecule has 0 fully saturated rings. The molecule has 0 aliphatic rings. The summed E-state index contributed by atoms with van der Waals surface area (Å²) in [6.07, 6.45) is 0. The molecule has 17 heavy (non-hydrogen) atoms. The maximum atomic E-state index is 11.1. The van der Waals surface area contributed by atoms with E-state index < -0.39 is 29.8 Å².